The van der Waals surface area contributed by atoms with Gasteiger partial charge in [0.05, 0.1) is 38.9 Å². The molecule has 3 N–H and O–H groups in total. The molecule has 0 saturated heterocycles. The molecule has 0 saturated carbocycles. The zero-order valence-electron chi connectivity index (χ0n) is 24.0. The normalized spacial score (nSPS) is 11.0. The van der Waals surface area contributed by atoms with Gasteiger partial charge in [-0.05, 0) is 84.4 Å². The number of carbonyl (C=O) groups excluding carboxylic acids is 1. The van der Waals surface area contributed by atoms with Gasteiger partial charge in [-0.2, -0.15) is 0 Å². The number of benzene rings is 5. The fraction of sp³-hybridized carbons (Fsp3) is 0.0571. The second kappa shape index (κ2) is 14.0. The van der Waals surface area contributed by atoms with Crippen molar-refractivity contribution >= 4 is 90.3 Å². The Balaban J connectivity index is 1.31. The molecule has 46 heavy (non-hydrogen) atoms. The van der Waals surface area contributed by atoms with Crippen molar-refractivity contribution in [3.8, 4) is 5.69 Å². The average molecular weight is 734 g/mol. The number of amides is 1. The van der Waals surface area contributed by atoms with E-state index in [1.54, 1.807) is 53.1 Å². The minimum Gasteiger partial charge on any atom is -0.376 e. The van der Waals surface area contributed by atoms with Crippen LogP contribution in [0, 0.1) is 0 Å². The fourth-order valence-electron chi connectivity index (χ4n) is 4.99. The van der Waals surface area contributed by atoms with Gasteiger partial charge in [-0.25, -0.2) is 4.98 Å². The Morgan fingerprint density at radius 2 is 1.54 bits per heavy atom. The van der Waals surface area contributed by atoms with E-state index in [1.165, 1.54) is 0 Å². The van der Waals surface area contributed by atoms with Crippen molar-refractivity contribution in [2.45, 2.75) is 6.42 Å². The quantitative estimate of drug-likeness (QED) is 0.138. The molecule has 0 unspecified atom stereocenters. The SMILES string of the molecule is O=C(CNc1ccc(-n2c(Cc3ccccc3Nc3c(Cl)cccc3Cl)nc3ccc(Br)cc3c2=O)cc1)Nc1cccc(Cl)c1. The Bertz CT molecular complexity index is 2120. The van der Waals surface area contributed by atoms with Crippen LogP contribution in [0.2, 0.25) is 15.1 Å². The van der Waals surface area contributed by atoms with Gasteiger partial charge >= 0.3 is 0 Å². The molecule has 0 aliphatic carbocycles. The monoisotopic (exact) mass is 731 g/mol. The number of hydrogen-bond acceptors (Lipinski definition) is 5. The molecule has 1 amide bonds. The summed E-state index contributed by atoms with van der Waals surface area (Å²) < 4.78 is 2.39. The molecule has 0 aliphatic heterocycles. The predicted molar refractivity (Wildman–Crippen MR) is 193 cm³/mol. The van der Waals surface area contributed by atoms with Crippen LogP contribution in [-0.4, -0.2) is 22.0 Å². The summed E-state index contributed by atoms with van der Waals surface area (Å²) in [6, 6.07) is 32.8. The maximum absolute atomic E-state index is 14.0. The second-order valence-corrected chi connectivity index (χ2v) is 12.5. The van der Waals surface area contributed by atoms with Crippen molar-refractivity contribution in [1.82, 2.24) is 9.55 Å². The van der Waals surface area contributed by atoms with Gasteiger partial charge in [0.1, 0.15) is 5.82 Å². The number of nitrogens with one attached hydrogen (secondary N) is 3. The van der Waals surface area contributed by atoms with Crippen molar-refractivity contribution in [3.63, 3.8) is 0 Å². The van der Waals surface area contributed by atoms with E-state index in [-0.39, 0.29) is 18.0 Å². The first-order valence-electron chi connectivity index (χ1n) is 14.1. The van der Waals surface area contributed by atoms with Gasteiger partial charge in [0, 0.05) is 33.0 Å². The molecule has 0 atom stereocenters. The van der Waals surface area contributed by atoms with E-state index in [0.717, 1.165) is 15.7 Å². The van der Waals surface area contributed by atoms with Gasteiger partial charge < -0.3 is 16.0 Å². The molecule has 1 aromatic heterocycles. The van der Waals surface area contributed by atoms with Crippen LogP contribution in [-0.2, 0) is 11.2 Å². The Labute approximate surface area is 288 Å². The topological polar surface area (TPSA) is 88.1 Å². The predicted octanol–water partition coefficient (Wildman–Crippen LogP) is 9.49. The van der Waals surface area contributed by atoms with Crippen LogP contribution in [0.25, 0.3) is 16.6 Å². The summed E-state index contributed by atoms with van der Waals surface area (Å²) in [5, 5.41) is 11.3. The first kappa shape index (κ1) is 31.6. The summed E-state index contributed by atoms with van der Waals surface area (Å²) in [6.45, 7) is 0.0435. The summed E-state index contributed by atoms with van der Waals surface area (Å²) in [5.74, 6) is 0.320. The molecule has 11 heteroatoms. The smallest absolute Gasteiger partial charge is 0.266 e. The number of rotatable bonds is 9. The van der Waals surface area contributed by atoms with Crippen LogP contribution in [0.5, 0.6) is 0 Å². The van der Waals surface area contributed by atoms with Gasteiger partial charge in [0.2, 0.25) is 5.91 Å². The molecule has 7 nitrogen and oxygen atoms in total. The molecule has 0 bridgehead atoms. The van der Waals surface area contributed by atoms with Gasteiger partial charge in [-0.15, -0.1) is 0 Å². The Hall–Kier alpha value is -4.34. The number of fused-ring (bicyclic) bond motifs is 1. The number of hydrogen-bond donors (Lipinski definition) is 3. The molecule has 0 spiro atoms. The maximum Gasteiger partial charge on any atom is 0.266 e. The average Bonchev–Trinajstić information content (AvgIpc) is 3.04. The number of anilines is 4. The zero-order chi connectivity index (χ0) is 32.2. The van der Waals surface area contributed by atoms with Crippen LogP contribution < -0.4 is 21.5 Å². The van der Waals surface area contributed by atoms with Crippen LogP contribution in [0.1, 0.15) is 11.4 Å². The first-order chi connectivity index (χ1) is 22.2. The molecular weight excluding hydrogens is 709 g/mol. The highest BCUT2D eigenvalue weighted by Gasteiger charge is 2.17. The van der Waals surface area contributed by atoms with E-state index in [4.69, 9.17) is 39.8 Å². The molecule has 6 aromatic rings. The van der Waals surface area contributed by atoms with Gasteiger partial charge in [-0.3, -0.25) is 14.2 Å². The van der Waals surface area contributed by atoms with Gasteiger partial charge in [0.15, 0.2) is 0 Å². The summed E-state index contributed by atoms with van der Waals surface area (Å²) in [7, 11) is 0. The molecule has 6 rings (SSSR count). The third kappa shape index (κ3) is 7.21. The van der Waals surface area contributed by atoms with E-state index in [2.05, 4.69) is 31.9 Å². The fourth-order valence-corrected chi connectivity index (χ4v) is 6.03. The molecule has 0 fully saturated rings. The second-order valence-electron chi connectivity index (χ2n) is 10.3. The zero-order valence-corrected chi connectivity index (χ0v) is 27.9. The van der Waals surface area contributed by atoms with Crippen molar-refractivity contribution < 1.29 is 4.79 Å². The third-order valence-electron chi connectivity index (χ3n) is 7.18. The van der Waals surface area contributed by atoms with E-state index in [9.17, 15) is 9.59 Å². The minimum atomic E-state index is -0.223. The van der Waals surface area contributed by atoms with Crippen LogP contribution in [0.15, 0.2) is 118 Å². The van der Waals surface area contributed by atoms with E-state index < -0.39 is 0 Å². The molecule has 0 aliphatic rings. The Kier molecular flexibility index (Phi) is 9.61. The summed E-state index contributed by atoms with van der Waals surface area (Å²) >= 11 is 22.4. The lowest BCUT2D eigenvalue weighted by Gasteiger charge is -2.17. The molecule has 230 valence electrons. The third-order valence-corrected chi connectivity index (χ3v) is 8.53. The number of aromatic nitrogens is 2. The highest BCUT2D eigenvalue weighted by molar-refractivity contribution is 9.10. The number of carbonyl (C=O) groups is 1. The molecule has 0 radical (unpaired) electrons. The summed E-state index contributed by atoms with van der Waals surface area (Å²) in [4.78, 5) is 31.5. The molecule has 5 aromatic carbocycles. The lowest BCUT2D eigenvalue weighted by Crippen LogP contribution is -2.24. The highest BCUT2D eigenvalue weighted by Crippen LogP contribution is 2.34. The highest BCUT2D eigenvalue weighted by atomic mass is 79.9. The largest absolute Gasteiger partial charge is 0.376 e. The van der Waals surface area contributed by atoms with Gasteiger partial charge in [-0.1, -0.05) is 81.1 Å². The van der Waals surface area contributed by atoms with Crippen LogP contribution in [0.4, 0.5) is 22.7 Å². The van der Waals surface area contributed by atoms with Crippen molar-refractivity contribution in [2.24, 2.45) is 0 Å². The summed E-state index contributed by atoms with van der Waals surface area (Å²) in [5.41, 5.74) is 4.60. The number of nitrogens with zero attached hydrogens (tertiary/aromatic N) is 2. The van der Waals surface area contributed by atoms with E-state index in [1.807, 2.05) is 60.7 Å². The lowest BCUT2D eigenvalue weighted by molar-refractivity contribution is -0.114. The number of halogens is 4. The molecular formula is C35H25BrCl3N5O2. The Morgan fingerprint density at radius 1 is 0.804 bits per heavy atom. The van der Waals surface area contributed by atoms with Gasteiger partial charge in [0.25, 0.3) is 5.56 Å². The summed E-state index contributed by atoms with van der Waals surface area (Å²) in [6.07, 6.45) is 0.330. The van der Waals surface area contributed by atoms with Crippen LogP contribution in [0.3, 0.4) is 0 Å². The van der Waals surface area contributed by atoms with Crippen molar-refractivity contribution in [2.75, 3.05) is 22.5 Å². The minimum absolute atomic E-state index is 0.0435. The van der Waals surface area contributed by atoms with Crippen LogP contribution >= 0.6 is 50.7 Å². The lowest BCUT2D eigenvalue weighted by atomic mass is 10.1. The van der Waals surface area contributed by atoms with Crippen molar-refractivity contribution in [1.29, 1.82) is 0 Å². The standard InChI is InChI=1S/C35H25BrCl3N5O2/c36-22-11-16-31-27(18-22)35(46)44(26-14-12-24(13-15-26)40-20-33(45)41-25-7-3-6-23(37)19-25)32(42-31)17-21-5-1-2-10-30(21)43-34-28(38)8-4-9-29(34)39/h1-16,18-19,40,43H,17,20H2,(H,41,45). The maximum atomic E-state index is 14.0. The Morgan fingerprint density at radius 3 is 2.30 bits per heavy atom. The van der Waals surface area contributed by atoms with E-state index >= 15 is 0 Å². The molecule has 1 heterocycles. The van der Waals surface area contributed by atoms with E-state index in [0.29, 0.717) is 61.0 Å². The van der Waals surface area contributed by atoms with Crippen molar-refractivity contribution in [3.05, 3.63) is 150 Å². The number of para-hydroxylation sites is 2. The first-order valence-corrected chi connectivity index (χ1v) is 16.1.